The van der Waals surface area contributed by atoms with Gasteiger partial charge in [0.05, 0.1) is 36.7 Å². The highest BCUT2D eigenvalue weighted by Crippen LogP contribution is 2.45. The highest BCUT2D eigenvalue weighted by atomic mass is 16.5. The second kappa shape index (κ2) is 6.98. The molecule has 1 aliphatic carbocycles. The molecule has 2 aliphatic rings. The molecule has 0 bridgehead atoms. The van der Waals surface area contributed by atoms with E-state index < -0.39 is 0 Å². The minimum Gasteiger partial charge on any atom is -0.377 e. The molecule has 2 N–H and O–H groups in total. The highest BCUT2D eigenvalue weighted by Gasteiger charge is 2.39. The first kappa shape index (κ1) is 18.7. The summed E-state index contributed by atoms with van der Waals surface area (Å²) in [5, 5.41) is 12.1. The van der Waals surface area contributed by atoms with Gasteiger partial charge >= 0.3 is 0 Å². The Kier molecular flexibility index (Phi) is 4.21. The molecule has 1 aliphatic heterocycles. The van der Waals surface area contributed by atoms with Crippen LogP contribution in [0.15, 0.2) is 28.0 Å². The summed E-state index contributed by atoms with van der Waals surface area (Å²) in [6, 6.07) is 2.14. The summed E-state index contributed by atoms with van der Waals surface area (Å²) in [7, 11) is 0. The van der Waals surface area contributed by atoms with Crippen molar-refractivity contribution >= 4 is 22.5 Å². The molecular weight excluding hydrogens is 396 g/mol. The van der Waals surface area contributed by atoms with E-state index in [9.17, 15) is 9.59 Å². The fraction of sp³-hybridized carbons (Fsp3) is 0.500. The van der Waals surface area contributed by atoms with Crippen molar-refractivity contribution in [1.29, 1.82) is 0 Å². The van der Waals surface area contributed by atoms with Crippen LogP contribution in [0.3, 0.4) is 0 Å². The van der Waals surface area contributed by atoms with Crippen LogP contribution in [0.5, 0.6) is 0 Å². The molecule has 4 aromatic rings. The maximum atomic E-state index is 12.3. The van der Waals surface area contributed by atoms with Gasteiger partial charge in [0.15, 0.2) is 11.3 Å². The van der Waals surface area contributed by atoms with E-state index in [1.165, 1.54) is 0 Å². The van der Waals surface area contributed by atoms with Crippen LogP contribution in [0, 0.1) is 11.8 Å². The van der Waals surface area contributed by atoms with Crippen LogP contribution in [0.4, 0.5) is 5.69 Å². The molecule has 4 heterocycles. The monoisotopic (exact) mass is 420 g/mol. The largest absolute Gasteiger partial charge is 0.377 e. The zero-order valence-corrected chi connectivity index (χ0v) is 17.3. The van der Waals surface area contributed by atoms with Crippen molar-refractivity contribution in [2.24, 2.45) is 11.8 Å². The van der Waals surface area contributed by atoms with Gasteiger partial charge in [0.2, 0.25) is 10.9 Å². The standard InChI is InChI=1S/C22H24N6O3/c1-2-12-5-11(7-15-18(20(30)19(15)29)25-13-9-31-10-13)6-14(12)22-27-26-17-8-24-21-16(28(17)22)3-4-23-21/h3-4,8,11-14,23,25H,2,5-7,9-10H2,1H3/t11-,12+,14-/m0/s1. The Morgan fingerprint density at radius 1 is 1.23 bits per heavy atom. The highest BCUT2D eigenvalue weighted by molar-refractivity contribution is 5.74. The molecule has 0 amide bonds. The average molecular weight is 420 g/mol. The van der Waals surface area contributed by atoms with Crippen molar-refractivity contribution in [3.63, 3.8) is 0 Å². The molecular formula is C22H24N6O3. The maximum absolute atomic E-state index is 12.3. The maximum Gasteiger partial charge on any atom is 0.249 e. The molecule has 6 rings (SSSR count). The summed E-state index contributed by atoms with van der Waals surface area (Å²) in [5.74, 6) is 2.02. The smallest absolute Gasteiger partial charge is 0.249 e. The summed E-state index contributed by atoms with van der Waals surface area (Å²) in [4.78, 5) is 31.9. The summed E-state index contributed by atoms with van der Waals surface area (Å²) in [6.45, 7) is 3.38. The number of nitrogens with one attached hydrogen (secondary N) is 2. The number of H-pyrrole nitrogens is 1. The average Bonchev–Trinajstić information content (AvgIpc) is 3.47. The van der Waals surface area contributed by atoms with Crippen molar-refractivity contribution < 1.29 is 4.74 Å². The second-order valence-electron chi connectivity index (χ2n) is 8.93. The predicted molar refractivity (Wildman–Crippen MR) is 115 cm³/mol. The van der Waals surface area contributed by atoms with Crippen LogP contribution in [0.25, 0.3) is 16.8 Å². The van der Waals surface area contributed by atoms with E-state index in [0.29, 0.717) is 42.7 Å². The van der Waals surface area contributed by atoms with Gasteiger partial charge in [-0.3, -0.25) is 14.0 Å². The van der Waals surface area contributed by atoms with E-state index in [4.69, 9.17) is 4.74 Å². The number of aromatic amines is 1. The van der Waals surface area contributed by atoms with Crippen molar-refractivity contribution in [1.82, 2.24) is 24.6 Å². The van der Waals surface area contributed by atoms with Crippen LogP contribution < -0.4 is 16.2 Å². The molecule has 31 heavy (non-hydrogen) atoms. The van der Waals surface area contributed by atoms with Gasteiger partial charge in [-0.25, -0.2) is 4.98 Å². The molecule has 9 heteroatoms. The molecule has 160 valence electrons. The van der Waals surface area contributed by atoms with Gasteiger partial charge in [-0.1, -0.05) is 13.3 Å². The zero-order chi connectivity index (χ0) is 21.1. The first-order valence-corrected chi connectivity index (χ1v) is 11.0. The van der Waals surface area contributed by atoms with E-state index in [0.717, 1.165) is 41.9 Å². The van der Waals surface area contributed by atoms with Crippen LogP contribution >= 0.6 is 0 Å². The number of ether oxygens (including phenoxy) is 1. The molecule has 0 spiro atoms. The third kappa shape index (κ3) is 2.83. The second-order valence-corrected chi connectivity index (χ2v) is 8.93. The number of nitrogens with zero attached hydrogens (tertiary/aromatic N) is 4. The Morgan fingerprint density at radius 2 is 2.10 bits per heavy atom. The molecule has 3 atom stereocenters. The van der Waals surface area contributed by atoms with Gasteiger partial charge in [0.1, 0.15) is 5.82 Å². The fourth-order valence-corrected chi connectivity index (χ4v) is 5.41. The van der Waals surface area contributed by atoms with Crippen LogP contribution in [-0.2, 0) is 11.2 Å². The van der Waals surface area contributed by atoms with Gasteiger partial charge < -0.3 is 15.0 Å². The van der Waals surface area contributed by atoms with E-state index >= 15 is 0 Å². The Balaban J connectivity index is 1.29. The summed E-state index contributed by atoms with van der Waals surface area (Å²) < 4.78 is 7.28. The number of hydrogen-bond acceptors (Lipinski definition) is 7. The lowest BCUT2D eigenvalue weighted by molar-refractivity contribution is 0.0210. The third-order valence-electron chi connectivity index (χ3n) is 7.10. The summed E-state index contributed by atoms with van der Waals surface area (Å²) in [5.41, 5.74) is 3.02. The molecule has 9 nitrogen and oxygen atoms in total. The lowest BCUT2D eigenvalue weighted by Crippen LogP contribution is -2.47. The Bertz CT molecular complexity index is 1340. The van der Waals surface area contributed by atoms with Gasteiger partial charge in [-0.15, -0.1) is 10.2 Å². The van der Waals surface area contributed by atoms with E-state index in [-0.39, 0.29) is 22.8 Å². The summed E-state index contributed by atoms with van der Waals surface area (Å²) in [6.07, 6.45) is 7.25. The van der Waals surface area contributed by atoms with Gasteiger partial charge in [-0.2, -0.15) is 0 Å². The number of aromatic nitrogens is 5. The van der Waals surface area contributed by atoms with Crippen molar-refractivity contribution in [2.75, 3.05) is 18.5 Å². The van der Waals surface area contributed by atoms with E-state index in [1.54, 1.807) is 6.20 Å². The minimum absolute atomic E-state index is 0.140. The first-order chi connectivity index (χ1) is 15.1. The Morgan fingerprint density at radius 3 is 2.87 bits per heavy atom. The van der Waals surface area contributed by atoms with Gasteiger partial charge in [0, 0.05) is 17.7 Å². The Labute approximate surface area is 177 Å². The zero-order valence-electron chi connectivity index (χ0n) is 17.3. The van der Waals surface area contributed by atoms with Crippen molar-refractivity contribution in [3.8, 4) is 0 Å². The molecule has 1 saturated heterocycles. The van der Waals surface area contributed by atoms with E-state index in [2.05, 4.69) is 36.8 Å². The predicted octanol–water partition coefficient (Wildman–Crippen LogP) is 1.77. The van der Waals surface area contributed by atoms with E-state index in [1.807, 2.05) is 12.3 Å². The van der Waals surface area contributed by atoms with Gasteiger partial charge in [0.25, 0.3) is 0 Å². The quantitative estimate of drug-likeness (QED) is 0.457. The van der Waals surface area contributed by atoms with Gasteiger partial charge in [-0.05, 0) is 37.2 Å². The Hall–Kier alpha value is -3.07. The number of hydrogen-bond donors (Lipinski definition) is 2. The normalized spacial score (nSPS) is 24.4. The first-order valence-electron chi connectivity index (χ1n) is 11.0. The molecule has 2 fully saturated rings. The minimum atomic E-state index is -0.380. The lowest BCUT2D eigenvalue weighted by Gasteiger charge is -2.29. The van der Waals surface area contributed by atoms with Crippen LogP contribution in [0.1, 0.15) is 43.5 Å². The van der Waals surface area contributed by atoms with Crippen LogP contribution in [-0.4, -0.2) is 43.8 Å². The number of fused-ring (bicyclic) bond motifs is 3. The SMILES string of the molecule is CC[C@@H]1C[C@H](Cc2c(NC3COC3)c(=O)c2=O)C[C@@H]1c1nnc2cnc3[nH]ccc3n12. The molecule has 1 saturated carbocycles. The number of anilines is 1. The fourth-order valence-electron chi connectivity index (χ4n) is 5.41. The third-order valence-corrected chi connectivity index (χ3v) is 7.10. The molecule has 0 radical (unpaired) electrons. The topological polar surface area (TPSA) is 114 Å². The number of rotatable bonds is 6. The van der Waals surface area contributed by atoms with Crippen molar-refractivity contribution in [3.05, 3.63) is 50.3 Å². The molecule has 0 unspecified atom stereocenters. The summed E-state index contributed by atoms with van der Waals surface area (Å²) >= 11 is 0. The molecule has 1 aromatic carbocycles. The van der Waals surface area contributed by atoms with Crippen molar-refractivity contribution in [2.45, 2.75) is 44.6 Å². The lowest BCUT2D eigenvalue weighted by atomic mass is 9.92. The molecule has 3 aromatic heterocycles. The van der Waals surface area contributed by atoms with Crippen LogP contribution in [0.2, 0.25) is 0 Å².